The van der Waals surface area contributed by atoms with Gasteiger partial charge in [0.15, 0.2) is 11.5 Å². The number of anilines is 1. The molecule has 2 N–H and O–H groups in total. The van der Waals surface area contributed by atoms with Crippen molar-refractivity contribution in [3.8, 4) is 0 Å². The zero-order chi connectivity index (χ0) is 11.9. The van der Waals surface area contributed by atoms with Crippen LogP contribution < -0.4 is 5.32 Å². The van der Waals surface area contributed by atoms with Gasteiger partial charge in [-0.2, -0.15) is 0 Å². The number of aromatic amines is 1. The summed E-state index contributed by atoms with van der Waals surface area (Å²) in [5, 5.41) is 3.49. The Hall–Kier alpha value is -1.69. The molecule has 0 aromatic carbocycles. The summed E-state index contributed by atoms with van der Waals surface area (Å²) in [6.07, 6.45) is 7.18. The summed E-state index contributed by atoms with van der Waals surface area (Å²) in [5.41, 5.74) is 1.58. The van der Waals surface area contributed by atoms with Crippen LogP contribution in [0.1, 0.15) is 19.3 Å². The molecule has 2 aliphatic rings. The Morgan fingerprint density at radius 3 is 3.06 bits per heavy atom. The van der Waals surface area contributed by atoms with Crippen LogP contribution in [0.4, 0.5) is 5.82 Å². The first-order valence-corrected chi connectivity index (χ1v) is 6.44. The van der Waals surface area contributed by atoms with Crippen LogP contribution in [-0.2, 0) is 4.74 Å². The van der Waals surface area contributed by atoms with Crippen LogP contribution in [0.5, 0.6) is 0 Å². The van der Waals surface area contributed by atoms with Gasteiger partial charge in [0.1, 0.15) is 11.8 Å². The van der Waals surface area contributed by atoms with Crippen molar-refractivity contribution in [1.29, 1.82) is 0 Å². The Morgan fingerprint density at radius 2 is 2.17 bits per heavy atom. The van der Waals surface area contributed by atoms with E-state index in [-0.39, 0.29) is 0 Å². The topological polar surface area (TPSA) is 75.7 Å². The third kappa shape index (κ3) is 1.64. The van der Waals surface area contributed by atoms with E-state index in [0.717, 1.165) is 30.3 Å². The lowest BCUT2D eigenvalue weighted by Gasteiger charge is -2.19. The lowest BCUT2D eigenvalue weighted by atomic mass is 10.1. The van der Waals surface area contributed by atoms with Crippen LogP contribution in [0, 0.1) is 5.92 Å². The van der Waals surface area contributed by atoms with Crippen molar-refractivity contribution < 1.29 is 4.74 Å². The highest BCUT2D eigenvalue weighted by Gasteiger charge is 2.40. The molecule has 1 saturated carbocycles. The summed E-state index contributed by atoms with van der Waals surface area (Å²) < 4.78 is 5.82. The predicted molar refractivity (Wildman–Crippen MR) is 66.2 cm³/mol. The summed E-state index contributed by atoms with van der Waals surface area (Å²) in [6.45, 7) is 0.843. The minimum absolute atomic E-state index is 0.345. The molecule has 18 heavy (non-hydrogen) atoms. The van der Waals surface area contributed by atoms with Crippen molar-refractivity contribution >= 4 is 17.0 Å². The van der Waals surface area contributed by atoms with Gasteiger partial charge in [0, 0.05) is 6.61 Å². The van der Waals surface area contributed by atoms with Crippen LogP contribution in [0.15, 0.2) is 12.7 Å². The Bertz CT molecular complexity index is 564. The fourth-order valence-corrected chi connectivity index (χ4v) is 2.71. The van der Waals surface area contributed by atoms with Crippen LogP contribution >= 0.6 is 0 Å². The molecule has 1 saturated heterocycles. The number of aromatic nitrogens is 4. The molecule has 94 valence electrons. The molecular weight excluding hydrogens is 230 g/mol. The zero-order valence-corrected chi connectivity index (χ0v) is 9.97. The molecule has 2 aromatic heterocycles. The molecule has 2 atom stereocenters. The molecule has 1 aliphatic heterocycles. The van der Waals surface area contributed by atoms with Gasteiger partial charge in [0.25, 0.3) is 0 Å². The van der Waals surface area contributed by atoms with Crippen LogP contribution in [0.25, 0.3) is 11.2 Å². The standard InChI is InChI=1S/C12H15N5O/c1-2-7(1)10-8(3-4-18-10)17-12-9-11(14-5-13-9)15-6-16-12/h5-8,10H,1-4H2,(H2,13,14,15,16,17). The minimum atomic E-state index is 0.345. The van der Waals surface area contributed by atoms with E-state index in [4.69, 9.17) is 4.74 Å². The largest absolute Gasteiger partial charge is 0.376 e. The fraction of sp³-hybridized carbons (Fsp3) is 0.583. The van der Waals surface area contributed by atoms with Gasteiger partial charge in [-0.05, 0) is 25.2 Å². The number of hydrogen-bond donors (Lipinski definition) is 2. The van der Waals surface area contributed by atoms with E-state index in [1.807, 2.05) is 0 Å². The predicted octanol–water partition coefficient (Wildman–Crippen LogP) is 1.33. The highest BCUT2D eigenvalue weighted by atomic mass is 16.5. The number of nitrogens with one attached hydrogen (secondary N) is 2. The summed E-state index contributed by atoms with van der Waals surface area (Å²) in [5.74, 6) is 1.57. The molecule has 0 spiro atoms. The average molecular weight is 245 g/mol. The van der Waals surface area contributed by atoms with Gasteiger partial charge in [0.05, 0.1) is 18.5 Å². The van der Waals surface area contributed by atoms with Crippen molar-refractivity contribution in [3.63, 3.8) is 0 Å². The van der Waals surface area contributed by atoms with Crippen molar-refractivity contribution in [1.82, 2.24) is 19.9 Å². The normalized spacial score (nSPS) is 27.8. The monoisotopic (exact) mass is 245 g/mol. The number of H-pyrrole nitrogens is 1. The first-order valence-electron chi connectivity index (χ1n) is 6.44. The maximum absolute atomic E-state index is 5.82. The Labute approximate surface area is 104 Å². The Balaban J connectivity index is 1.61. The molecule has 2 aromatic rings. The summed E-state index contributed by atoms with van der Waals surface area (Å²) >= 11 is 0. The summed E-state index contributed by atoms with van der Waals surface area (Å²) in [7, 11) is 0. The molecule has 3 heterocycles. The third-order valence-electron chi connectivity index (χ3n) is 3.77. The van der Waals surface area contributed by atoms with E-state index in [1.54, 1.807) is 12.7 Å². The summed E-state index contributed by atoms with van der Waals surface area (Å²) in [6, 6.07) is 0.360. The number of nitrogens with zero attached hydrogens (tertiary/aromatic N) is 3. The number of hydrogen-bond acceptors (Lipinski definition) is 5. The maximum Gasteiger partial charge on any atom is 0.182 e. The Morgan fingerprint density at radius 1 is 1.22 bits per heavy atom. The zero-order valence-electron chi connectivity index (χ0n) is 9.97. The number of ether oxygens (including phenoxy) is 1. The molecule has 0 amide bonds. The molecule has 0 radical (unpaired) electrons. The van der Waals surface area contributed by atoms with E-state index in [1.165, 1.54) is 12.8 Å². The van der Waals surface area contributed by atoms with Crippen LogP contribution in [-0.4, -0.2) is 38.7 Å². The van der Waals surface area contributed by atoms with Gasteiger partial charge in [-0.3, -0.25) is 0 Å². The average Bonchev–Trinajstić information content (AvgIpc) is 2.93. The van der Waals surface area contributed by atoms with Crippen LogP contribution in [0.2, 0.25) is 0 Å². The van der Waals surface area contributed by atoms with Crippen molar-refractivity contribution in [2.75, 3.05) is 11.9 Å². The molecular formula is C12H15N5O. The van der Waals surface area contributed by atoms with Gasteiger partial charge in [-0.25, -0.2) is 15.0 Å². The van der Waals surface area contributed by atoms with Crippen molar-refractivity contribution in [3.05, 3.63) is 12.7 Å². The molecule has 1 aliphatic carbocycles. The fourth-order valence-electron chi connectivity index (χ4n) is 2.71. The second-order valence-electron chi connectivity index (χ2n) is 5.04. The number of fused-ring (bicyclic) bond motifs is 1. The van der Waals surface area contributed by atoms with Gasteiger partial charge >= 0.3 is 0 Å². The smallest absolute Gasteiger partial charge is 0.182 e. The second-order valence-corrected chi connectivity index (χ2v) is 5.04. The van der Waals surface area contributed by atoms with Crippen molar-refractivity contribution in [2.45, 2.75) is 31.4 Å². The highest BCUT2D eigenvalue weighted by molar-refractivity contribution is 5.82. The van der Waals surface area contributed by atoms with E-state index in [0.29, 0.717) is 17.8 Å². The van der Waals surface area contributed by atoms with Gasteiger partial charge in [-0.15, -0.1) is 0 Å². The number of imidazole rings is 1. The second kappa shape index (κ2) is 3.91. The van der Waals surface area contributed by atoms with Gasteiger partial charge < -0.3 is 15.0 Å². The van der Waals surface area contributed by atoms with E-state index in [9.17, 15) is 0 Å². The molecule has 4 rings (SSSR count). The molecule has 0 bridgehead atoms. The van der Waals surface area contributed by atoms with Gasteiger partial charge in [-0.1, -0.05) is 0 Å². The van der Waals surface area contributed by atoms with E-state index >= 15 is 0 Å². The molecule has 2 fully saturated rings. The van der Waals surface area contributed by atoms with E-state index in [2.05, 4.69) is 25.3 Å². The maximum atomic E-state index is 5.82. The SMILES string of the molecule is c1nc(NC2CCOC2C2CC2)c2[nH]cnc2n1. The lowest BCUT2D eigenvalue weighted by Crippen LogP contribution is -2.31. The third-order valence-corrected chi connectivity index (χ3v) is 3.77. The first kappa shape index (κ1) is 10.3. The molecule has 6 heteroatoms. The molecule has 6 nitrogen and oxygen atoms in total. The first-order chi connectivity index (χ1) is 8.92. The highest BCUT2D eigenvalue weighted by Crippen LogP contribution is 2.39. The lowest BCUT2D eigenvalue weighted by molar-refractivity contribution is 0.0898. The minimum Gasteiger partial charge on any atom is -0.376 e. The van der Waals surface area contributed by atoms with Gasteiger partial charge in [0.2, 0.25) is 0 Å². The number of rotatable bonds is 3. The van der Waals surface area contributed by atoms with E-state index < -0.39 is 0 Å². The Kier molecular flexibility index (Phi) is 2.23. The van der Waals surface area contributed by atoms with Crippen LogP contribution in [0.3, 0.4) is 0 Å². The summed E-state index contributed by atoms with van der Waals surface area (Å²) in [4.78, 5) is 15.7. The quantitative estimate of drug-likeness (QED) is 0.853. The molecule has 2 unspecified atom stereocenters. The van der Waals surface area contributed by atoms with Crippen molar-refractivity contribution in [2.24, 2.45) is 5.92 Å².